The van der Waals surface area contributed by atoms with E-state index in [9.17, 15) is 19.8 Å². The van der Waals surface area contributed by atoms with Crippen LogP contribution < -0.4 is 10.6 Å². The highest BCUT2D eigenvalue weighted by atomic mass is 16.3. The summed E-state index contributed by atoms with van der Waals surface area (Å²) in [5, 5.41) is 26.4. The van der Waals surface area contributed by atoms with Crippen LogP contribution in [0.4, 0.5) is 0 Å². The van der Waals surface area contributed by atoms with Crippen LogP contribution in [0.5, 0.6) is 11.5 Å². The second kappa shape index (κ2) is 10.3. The van der Waals surface area contributed by atoms with Crippen LogP contribution in [0.25, 0.3) is 0 Å². The van der Waals surface area contributed by atoms with E-state index >= 15 is 0 Å². The summed E-state index contributed by atoms with van der Waals surface area (Å²) < 4.78 is 0. The van der Waals surface area contributed by atoms with Crippen LogP contribution in [-0.4, -0.2) is 22.0 Å². The van der Waals surface area contributed by atoms with Gasteiger partial charge in [0.2, 0.25) is 11.8 Å². The number of hydrogen-bond donors (Lipinski definition) is 4. The number of hydrogen-bond acceptors (Lipinski definition) is 4. The van der Waals surface area contributed by atoms with Gasteiger partial charge in [-0.1, -0.05) is 56.7 Å². The van der Waals surface area contributed by atoms with E-state index in [0.717, 1.165) is 6.42 Å². The summed E-state index contributed by atoms with van der Waals surface area (Å²) >= 11 is 0. The molecule has 6 heteroatoms. The predicted octanol–water partition coefficient (Wildman–Crippen LogP) is 4.35. The fourth-order valence-electron chi connectivity index (χ4n) is 4.51. The molecule has 1 fully saturated rings. The molecule has 0 spiro atoms. The summed E-state index contributed by atoms with van der Waals surface area (Å²) in [6.45, 7) is 3.91. The summed E-state index contributed by atoms with van der Waals surface area (Å²) in [5.41, 5.74) is 1.37. The van der Waals surface area contributed by atoms with Crippen LogP contribution in [0.1, 0.15) is 69.2 Å². The molecule has 0 saturated heterocycles. The van der Waals surface area contributed by atoms with Crippen LogP contribution >= 0.6 is 0 Å². The molecule has 2 aromatic rings. The van der Waals surface area contributed by atoms with Gasteiger partial charge in [-0.15, -0.1) is 0 Å². The summed E-state index contributed by atoms with van der Waals surface area (Å²) in [7, 11) is 0. The number of para-hydroxylation sites is 2. The molecule has 2 aromatic carbocycles. The van der Waals surface area contributed by atoms with Crippen LogP contribution in [-0.2, 0) is 9.59 Å². The van der Waals surface area contributed by atoms with Crippen molar-refractivity contribution in [1.82, 2.24) is 10.6 Å². The molecule has 2 amide bonds. The van der Waals surface area contributed by atoms with Crippen molar-refractivity contribution in [2.45, 2.75) is 58.0 Å². The normalized spacial score (nSPS) is 20.1. The minimum atomic E-state index is -0.401. The summed E-state index contributed by atoms with van der Waals surface area (Å²) in [4.78, 5) is 26.2. The lowest BCUT2D eigenvalue weighted by molar-refractivity contribution is -0.134. The van der Waals surface area contributed by atoms with Gasteiger partial charge in [-0.2, -0.15) is 0 Å². The molecule has 31 heavy (non-hydrogen) atoms. The van der Waals surface area contributed by atoms with E-state index in [1.165, 1.54) is 0 Å². The van der Waals surface area contributed by atoms with Gasteiger partial charge in [0.15, 0.2) is 0 Å². The zero-order chi connectivity index (χ0) is 22.4. The molecule has 3 rings (SSSR count). The topological polar surface area (TPSA) is 98.7 Å². The number of carbonyl (C=O) groups excluding carboxylic acids is 2. The lowest BCUT2D eigenvalue weighted by Crippen LogP contribution is -2.41. The van der Waals surface area contributed by atoms with Crippen molar-refractivity contribution < 1.29 is 19.8 Å². The number of benzene rings is 2. The Labute approximate surface area is 183 Å². The molecule has 6 nitrogen and oxygen atoms in total. The largest absolute Gasteiger partial charge is 0.508 e. The van der Waals surface area contributed by atoms with Gasteiger partial charge in [-0.25, -0.2) is 0 Å². The Kier molecular flexibility index (Phi) is 7.55. The smallest absolute Gasteiger partial charge is 0.224 e. The zero-order valence-electron chi connectivity index (χ0n) is 18.2. The number of phenolic OH excluding ortho intramolecular Hbond substituents is 2. The minimum Gasteiger partial charge on any atom is -0.508 e. The molecule has 0 heterocycles. The fraction of sp³-hybridized carbons (Fsp3) is 0.440. The Morgan fingerprint density at radius 2 is 1.19 bits per heavy atom. The van der Waals surface area contributed by atoms with E-state index < -0.39 is 11.8 Å². The average Bonchev–Trinajstić information content (AvgIpc) is 3.27. The van der Waals surface area contributed by atoms with Gasteiger partial charge >= 0.3 is 0 Å². The summed E-state index contributed by atoms with van der Waals surface area (Å²) in [5.74, 6) is -0.789. The SMILES string of the molecule is CC[C@H](NC(=O)[C@@H]1CCC[C@H]1C(=O)N[C@H](CC)c1ccccc1O)c1ccccc1O. The van der Waals surface area contributed by atoms with Crippen molar-refractivity contribution in [3.8, 4) is 11.5 Å². The molecule has 166 valence electrons. The van der Waals surface area contributed by atoms with Crippen LogP contribution in [0.2, 0.25) is 0 Å². The van der Waals surface area contributed by atoms with Crippen molar-refractivity contribution in [1.29, 1.82) is 0 Å². The molecule has 1 aliphatic carbocycles. The van der Waals surface area contributed by atoms with E-state index in [0.29, 0.717) is 36.8 Å². The highest BCUT2D eigenvalue weighted by Gasteiger charge is 2.39. The van der Waals surface area contributed by atoms with Gasteiger partial charge in [-0.3, -0.25) is 9.59 Å². The first-order valence-electron chi connectivity index (χ1n) is 11.1. The number of nitrogens with one attached hydrogen (secondary N) is 2. The first kappa shape index (κ1) is 22.7. The number of phenols is 2. The highest BCUT2D eigenvalue weighted by Crippen LogP contribution is 2.35. The molecule has 0 aromatic heterocycles. The van der Waals surface area contributed by atoms with E-state index in [1.807, 2.05) is 26.0 Å². The van der Waals surface area contributed by atoms with E-state index in [2.05, 4.69) is 10.6 Å². The molecular weight excluding hydrogens is 392 g/mol. The highest BCUT2D eigenvalue weighted by molar-refractivity contribution is 5.88. The molecule has 1 aliphatic rings. The summed E-state index contributed by atoms with van der Waals surface area (Å²) in [6.07, 6.45) is 3.41. The zero-order valence-corrected chi connectivity index (χ0v) is 18.2. The van der Waals surface area contributed by atoms with Crippen LogP contribution in [0.15, 0.2) is 48.5 Å². The van der Waals surface area contributed by atoms with Crippen molar-refractivity contribution in [2.75, 3.05) is 0 Å². The summed E-state index contributed by atoms with van der Waals surface area (Å²) in [6, 6.07) is 13.4. The van der Waals surface area contributed by atoms with Gasteiger partial charge in [-0.05, 0) is 37.8 Å². The second-order valence-corrected chi connectivity index (χ2v) is 8.20. The van der Waals surface area contributed by atoms with Crippen molar-refractivity contribution in [3.05, 3.63) is 59.7 Å². The minimum absolute atomic E-state index is 0.150. The number of rotatable bonds is 8. The fourth-order valence-corrected chi connectivity index (χ4v) is 4.51. The maximum atomic E-state index is 13.1. The Bertz CT molecular complexity index is 840. The molecule has 0 unspecified atom stereocenters. The lowest BCUT2D eigenvalue weighted by Gasteiger charge is -2.25. The quantitative estimate of drug-likeness (QED) is 0.506. The number of carbonyl (C=O) groups is 2. The van der Waals surface area contributed by atoms with Gasteiger partial charge in [0.25, 0.3) is 0 Å². The van der Waals surface area contributed by atoms with Crippen LogP contribution in [0.3, 0.4) is 0 Å². The molecule has 4 N–H and O–H groups in total. The maximum absolute atomic E-state index is 13.1. The maximum Gasteiger partial charge on any atom is 0.224 e. The monoisotopic (exact) mass is 424 g/mol. The third-order valence-electron chi connectivity index (χ3n) is 6.26. The second-order valence-electron chi connectivity index (χ2n) is 8.20. The third-order valence-corrected chi connectivity index (χ3v) is 6.26. The number of amides is 2. The van der Waals surface area contributed by atoms with Gasteiger partial charge in [0, 0.05) is 23.0 Å². The van der Waals surface area contributed by atoms with Crippen molar-refractivity contribution >= 4 is 11.8 Å². The van der Waals surface area contributed by atoms with E-state index in [-0.39, 0.29) is 35.4 Å². The lowest BCUT2D eigenvalue weighted by atomic mass is 9.92. The average molecular weight is 425 g/mol. The molecule has 0 radical (unpaired) electrons. The Morgan fingerprint density at radius 1 is 0.806 bits per heavy atom. The number of aromatic hydroxyl groups is 2. The van der Waals surface area contributed by atoms with Gasteiger partial charge < -0.3 is 20.8 Å². The predicted molar refractivity (Wildman–Crippen MR) is 119 cm³/mol. The van der Waals surface area contributed by atoms with E-state index in [4.69, 9.17) is 0 Å². The Morgan fingerprint density at radius 3 is 1.55 bits per heavy atom. The van der Waals surface area contributed by atoms with E-state index in [1.54, 1.807) is 36.4 Å². The van der Waals surface area contributed by atoms with Crippen molar-refractivity contribution in [2.24, 2.45) is 11.8 Å². The first-order valence-corrected chi connectivity index (χ1v) is 11.1. The molecule has 4 atom stereocenters. The standard InChI is InChI=1S/C25H32N2O4/c1-3-20(18-10-5-7-14-22(18)28)26-24(30)16-12-9-13-17(16)25(31)27-21(4-2)19-11-6-8-15-23(19)29/h5-8,10-11,14-17,20-21,28-29H,3-4,9,12-13H2,1-2H3,(H,26,30)(H,27,31)/t16-,17-,20-,21+/m1/s1. The third kappa shape index (κ3) is 5.19. The molecule has 1 saturated carbocycles. The van der Waals surface area contributed by atoms with Gasteiger partial charge in [0.05, 0.1) is 12.1 Å². The first-order chi connectivity index (χ1) is 15.0. The Balaban J connectivity index is 1.69. The van der Waals surface area contributed by atoms with Crippen LogP contribution in [0, 0.1) is 11.8 Å². The Hall–Kier alpha value is -3.02. The van der Waals surface area contributed by atoms with Gasteiger partial charge in [0.1, 0.15) is 11.5 Å². The molecular formula is C25H32N2O4. The van der Waals surface area contributed by atoms with Crippen molar-refractivity contribution in [3.63, 3.8) is 0 Å². The molecule has 0 aliphatic heterocycles. The molecule has 0 bridgehead atoms.